The van der Waals surface area contributed by atoms with E-state index in [2.05, 4.69) is 12.1 Å². The maximum atomic E-state index is 5.89. The largest absolute Gasteiger partial charge is 0.748 e. The van der Waals surface area contributed by atoms with E-state index in [1.807, 2.05) is 42.5 Å². The predicted octanol–water partition coefficient (Wildman–Crippen LogP) is 2.86. The molecular weight excluding hydrogens is 291 g/mol. The first kappa shape index (κ1) is 15.6. The van der Waals surface area contributed by atoms with Gasteiger partial charge in [0.1, 0.15) is 0 Å². The first-order chi connectivity index (χ1) is 9.43. The van der Waals surface area contributed by atoms with Crippen molar-refractivity contribution < 1.29 is 26.4 Å². The van der Waals surface area contributed by atoms with E-state index in [9.17, 15) is 0 Å². The van der Waals surface area contributed by atoms with Gasteiger partial charge in [-0.25, -0.2) is 12.1 Å². The summed E-state index contributed by atoms with van der Waals surface area (Å²) in [6.45, 7) is 0. The molecule has 2 aromatic rings. The summed E-state index contributed by atoms with van der Waals surface area (Å²) in [4.78, 5) is 0. The molecule has 1 aliphatic carbocycles. The van der Waals surface area contributed by atoms with Crippen LogP contribution < -0.4 is 5.46 Å². The van der Waals surface area contributed by atoms with E-state index >= 15 is 0 Å². The molecule has 0 bridgehead atoms. The zero-order valence-corrected chi connectivity index (χ0v) is 12.5. The van der Waals surface area contributed by atoms with E-state index in [4.69, 9.17) is 9.31 Å². The first-order valence-electron chi connectivity index (χ1n) is 7.13. The molecule has 0 amide bonds. The van der Waals surface area contributed by atoms with Gasteiger partial charge < -0.3 is 39.6 Å². The van der Waals surface area contributed by atoms with Crippen molar-refractivity contribution in [1.29, 1.82) is 0 Å². The minimum atomic E-state index is -0.0990. The fraction of sp³-hybridized carbons (Fsp3) is 0.375. The van der Waals surface area contributed by atoms with Gasteiger partial charge in [-0.05, 0) is 12.8 Å². The molecule has 1 saturated carbocycles. The fourth-order valence-electron chi connectivity index (χ4n) is 2.75. The molecule has 2 nitrogen and oxygen atoms in total. The molecule has 20 heavy (non-hydrogen) atoms. The monoisotopic (exact) mass is 310 g/mol. The van der Waals surface area contributed by atoms with Gasteiger partial charge in [-0.15, -0.1) is 5.46 Å². The average Bonchev–Trinajstić information content (AvgIpc) is 3.20. The Balaban J connectivity index is 0.000000210. The van der Waals surface area contributed by atoms with Gasteiger partial charge in [0.15, 0.2) is 0 Å². The Morgan fingerprint density at radius 3 is 1.75 bits per heavy atom. The summed E-state index contributed by atoms with van der Waals surface area (Å²) in [6, 6.07) is 18.2. The predicted molar refractivity (Wildman–Crippen MR) is 77.7 cm³/mol. The summed E-state index contributed by atoms with van der Waals surface area (Å²) < 4.78 is 11.8. The third-order valence-corrected chi connectivity index (χ3v) is 3.75. The van der Waals surface area contributed by atoms with Crippen molar-refractivity contribution in [3.05, 3.63) is 54.6 Å². The Morgan fingerprint density at radius 1 is 0.850 bits per heavy atom. The van der Waals surface area contributed by atoms with E-state index in [1.54, 1.807) is 0 Å². The van der Waals surface area contributed by atoms with Crippen LogP contribution in [0.5, 0.6) is 0 Å². The quantitative estimate of drug-likeness (QED) is 0.596. The van der Waals surface area contributed by atoms with Crippen LogP contribution in [0.1, 0.15) is 25.7 Å². The molecule has 0 spiro atoms. The van der Waals surface area contributed by atoms with Gasteiger partial charge in [0, 0.05) is 17.1 Å². The summed E-state index contributed by atoms with van der Waals surface area (Å²) >= 11 is 0. The molecule has 2 aromatic carbocycles. The van der Waals surface area contributed by atoms with Crippen LogP contribution in [0.2, 0.25) is 0 Å². The van der Waals surface area contributed by atoms with E-state index in [0.717, 1.165) is 0 Å². The van der Waals surface area contributed by atoms with Crippen molar-refractivity contribution in [2.45, 2.75) is 37.9 Å². The Bertz CT molecular complexity index is 424. The molecule has 0 unspecified atom stereocenters. The second-order valence-corrected chi connectivity index (χ2v) is 5.15. The van der Waals surface area contributed by atoms with Crippen LogP contribution in [0.25, 0.3) is 0 Å². The van der Waals surface area contributed by atoms with Crippen molar-refractivity contribution in [2.24, 2.45) is 0 Å². The molecule has 2 fully saturated rings. The van der Waals surface area contributed by atoms with E-state index in [1.165, 1.54) is 31.1 Å². The van der Waals surface area contributed by atoms with Crippen LogP contribution in [0.15, 0.2) is 54.6 Å². The summed E-state index contributed by atoms with van der Waals surface area (Å²) in [5, 5.41) is 0. The maximum Gasteiger partial charge on any atom is 0.418 e. The van der Waals surface area contributed by atoms with Crippen molar-refractivity contribution in [3.63, 3.8) is 0 Å². The summed E-state index contributed by atoms with van der Waals surface area (Å²) in [6.07, 6.45) is 5.62. The summed E-state index contributed by atoms with van der Waals surface area (Å²) in [5.41, 5.74) is 1.17. The molecule has 0 N–H and O–H groups in total. The molecule has 4 rings (SSSR count). The molecule has 1 aliphatic heterocycles. The Kier molecular flexibility index (Phi) is 6.12. The van der Waals surface area contributed by atoms with E-state index < -0.39 is 0 Å². The first-order valence-corrected chi connectivity index (χ1v) is 7.13. The van der Waals surface area contributed by atoms with Crippen molar-refractivity contribution >= 4 is 12.6 Å². The SMILES string of the molecule is [Fe].[cH-]1[cH-][cH-][cH-][cH-]1.c1cc[c-](B2O[C@H]3CCCC[C@@H]3O2)c1. The molecular formula is C16H19BFeO2-6. The Morgan fingerprint density at radius 2 is 1.30 bits per heavy atom. The fourth-order valence-corrected chi connectivity index (χ4v) is 2.75. The topological polar surface area (TPSA) is 18.5 Å². The zero-order chi connectivity index (χ0) is 12.9. The number of rotatable bonds is 1. The molecule has 1 heterocycles. The number of hydrogen-bond acceptors (Lipinski definition) is 2. The average molecular weight is 310 g/mol. The Labute approximate surface area is 131 Å². The van der Waals surface area contributed by atoms with Gasteiger partial charge in [-0.3, -0.25) is 0 Å². The van der Waals surface area contributed by atoms with Crippen LogP contribution in [0, 0.1) is 0 Å². The summed E-state index contributed by atoms with van der Waals surface area (Å²) in [5.74, 6) is 0. The third-order valence-electron chi connectivity index (χ3n) is 3.75. The van der Waals surface area contributed by atoms with Crippen LogP contribution >= 0.6 is 0 Å². The van der Waals surface area contributed by atoms with E-state index in [-0.39, 0.29) is 24.2 Å². The van der Waals surface area contributed by atoms with Crippen LogP contribution in [0.3, 0.4) is 0 Å². The van der Waals surface area contributed by atoms with Crippen LogP contribution in [-0.4, -0.2) is 19.3 Å². The van der Waals surface area contributed by atoms with Gasteiger partial charge in [-0.2, -0.15) is 12.1 Å². The van der Waals surface area contributed by atoms with Gasteiger partial charge in [0.25, 0.3) is 0 Å². The van der Waals surface area contributed by atoms with E-state index in [0.29, 0.717) is 12.2 Å². The molecule has 4 heteroatoms. The normalized spacial score (nSPS) is 24.3. The van der Waals surface area contributed by atoms with Crippen LogP contribution in [-0.2, 0) is 26.4 Å². The molecule has 0 aromatic heterocycles. The third kappa shape index (κ3) is 3.86. The second kappa shape index (κ2) is 7.85. The number of fused-ring (bicyclic) bond motifs is 1. The van der Waals surface area contributed by atoms with Crippen molar-refractivity contribution in [2.75, 3.05) is 0 Å². The molecule has 112 valence electrons. The smallest absolute Gasteiger partial charge is 0.418 e. The van der Waals surface area contributed by atoms with Crippen LogP contribution in [0.4, 0.5) is 0 Å². The molecule has 2 aliphatic rings. The summed E-state index contributed by atoms with van der Waals surface area (Å²) in [7, 11) is -0.0990. The minimum absolute atomic E-state index is 0. The van der Waals surface area contributed by atoms with Crippen molar-refractivity contribution in [3.8, 4) is 0 Å². The molecule has 1 saturated heterocycles. The standard InChI is InChI=1S/C11H14BO2.C5H5.Fe/c1-2-6-9(5-1)12-13-10-7-3-4-8-11(10)14-12;1-2-4-5-3-1;/h1-2,5-6,10-11H,3-4,7-8H2;1-5H;/q-1;-5;/t10-,11-;;/m0../s1. The van der Waals surface area contributed by atoms with Gasteiger partial charge >= 0.3 is 7.12 Å². The van der Waals surface area contributed by atoms with Gasteiger partial charge in [0.05, 0.1) is 12.2 Å². The number of hydrogen-bond donors (Lipinski definition) is 0. The Hall–Kier alpha value is -0.796. The van der Waals surface area contributed by atoms with Crippen molar-refractivity contribution in [1.82, 2.24) is 0 Å². The maximum absolute atomic E-state index is 5.89. The molecule has 0 radical (unpaired) electrons. The minimum Gasteiger partial charge on any atom is -0.748 e. The van der Waals surface area contributed by atoms with Gasteiger partial charge in [0.2, 0.25) is 0 Å². The zero-order valence-electron chi connectivity index (χ0n) is 11.4. The molecule has 2 atom stereocenters. The second-order valence-electron chi connectivity index (χ2n) is 5.15. The van der Waals surface area contributed by atoms with Gasteiger partial charge in [-0.1, -0.05) is 12.8 Å².